The molecule has 1 saturated carbocycles. The van der Waals surface area contributed by atoms with Crippen LogP contribution in [0.4, 0.5) is 0 Å². The Balaban J connectivity index is 2.30. The van der Waals surface area contributed by atoms with E-state index in [0.29, 0.717) is 17.4 Å². The molecular weight excluding hydrogens is 304 g/mol. The van der Waals surface area contributed by atoms with Gasteiger partial charge in [-0.05, 0) is 60.7 Å². The fraction of sp³-hybridized carbons (Fsp3) is 0.850. The lowest BCUT2D eigenvalue weighted by atomic mass is 9.47. The quantitative estimate of drug-likeness (QED) is 0.691. The van der Waals surface area contributed by atoms with Crippen molar-refractivity contribution in [2.45, 2.75) is 72.3 Å². The Morgan fingerprint density at radius 3 is 2.58 bits per heavy atom. The molecule has 5 unspecified atom stereocenters. The van der Waals surface area contributed by atoms with Gasteiger partial charge in [0.05, 0.1) is 6.10 Å². The highest BCUT2D eigenvalue weighted by Gasteiger charge is 2.56. The van der Waals surface area contributed by atoms with Crippen LogP contribution in [0, 0.1) is 28.6 Å². The number of hydrogen-bond acceptors (Lipinski definition) is 3. The second kappa shape index (κ2) is 7.17. The molecule has 0 amide bonds. The molecule has 2 rings (SSSR count). The predicted octanol–water partition coefficient (Wildman–Crippen LogP) is 3.62. The molecule has 0 radical (unpaired) electrons. The van der Waals surface area contributed by atoms with Gasteiger partial charge in [-0.1, -0.05) is 40.2 Å². The second-order valence-electron chi connectivity index (χ2n) is 8.88. The van der Waals surface area contributed by atoms with Crippen LogP contribution >= 0.6 is 0 Å². The van der Waals surface area contributed by atoms with E-state index >= 15 is 0 Å². The molecular formula is C20H34O4. The lowest BCUT2D eigenvalue weighted by Crippen LogP contribution is -2.54. The summed E-state index contributed by atoms with van der Waals surface area (Å²) in [6.07, 6.45) is 6.51. The Kier molecular flexibility index (Phi) is 5.81. The summed E-state index contributed by atoms with van der Waals surface area (Å²) in [7, 11) is 0. The number of carboxylic acids is 1. The van der Waals surface area contributed by atoms with Crippen LogP contribution in [0.25, 0.3) is 0 Å². The van der Waals surface area contributed by atoms with Gasteiger partial charge in [0.2, 0.25) is 0 Å². The number of hydrogen-bond donors (Lipinski definition) is 3. The maximum Gasteiger partial charge on any atom is 0.331 e. The van der Waals surface area contributed by atoms with Gasteiger partial charge in [-0.15, -0.1) is 0 Å². The molecule has 0 bridgehead atoms. The van der Waals surface area contributed by atoms with Gasteiger partial charge in [0.25, 0.3) is 0 Å². The molecule has 3 N–H and O–H groups in total. The Labute approximate surface area is 146 Å². The number of allylic oxidation sites excluding steroid dienone is 1. The molecule has 0 aliphatic heterocycles. The summed E-state index contributed by atoms with van der Waals surface area (Å²) in [5.74, 6) is -0.0636. The van der Waals surface area contributed by atoms with Crippen LogP contribution in [0.2, 0.25) is 0 Å². The van der Waals surface area contributed by atoms with Gasteiger partial charge in [-0.3, -0.25) is 0 Å². The standard InChI is InChI=1S/C20H34O4/c1-13(10-12-21)5-7-15-14(18(23)24)6-8-16-19(2,3)17(22)9-11-20(15,16)4/h6,13,15-17,21-22H,5,7-12H2,1-4H3,(H,23,24). The Bertz CT molecular complexity index is 496. The summed E-state index contributed by atoms with van der Waals surface area (Å²) >= 11 is 0. The first-order valence-electron chi connectivity index (χ1n) is 9.36. The van der Waals surface area contributed by atoms with Gasteiger partial charge in [0.1, 0.15) is 0 Å². The fourth-order valence-electron chi connectivity index (χ4n) is 5.35. The minimum atomic E-state index is -0.793. The number of aliphatic hydroxyl groups excluding tert-OH is 2. The highest BCUT2D eigenvalue weighted by molar-refractivity contribution is 5.87. The number of aliphatic carboxylic acids is 1. The first-order valence-corrected chi connectivity index (χ1v) is 9.36. The first kappa shape index (κ1) is 19.5. The van der Waals surface area contributed by atoms with Gasteiger partial charge in [0, 0.05) is 12.2 Å². The average Bonchev–Trinajstić information content (AvgIpc) is 2.49. The van der Waals surface area contributed by atoms with E-state index in [-0.39, 0.29) is 29.5 Å². The third-order valence-corrected chi connectivity index (χ3v) is 7.07. The molecule has 5 atom stereocenters. The molecule has 2 aliphatic rings. The summed E-state index contributed by atoms with van der Waals surface area (Å²) in [5, 5.41) is 29.3. The first-order chi connectivity index (χ1) is 11.1. The van der Waals surface area contributed by atoms with Crippen LogP contribution in [-0.2, 0) is 4.79 Å². The molecule has 0 aromatic rings. The normalized spacial score (nSPS) is 36.6. The van der Waals surface area contributed by atoms with E-state index in [9.17, 15) is 15.0 Å². The monoisotopic (exact) mass is 338 g/mol. The summed E-state index contributed by atoms with van der Waals surface area (Å²) in [6.45, 7) is 8.81. The lowest BCUT2D eigenvalue weighted by molar-refractivity contribution is -0.139. The number of fused-ring (bicyclic) bond motifs is 1. The molecule has 0 heterocycles. The minimum Gasteiger partial charge on any atom is -0.478 e. The SMILES string of the molecule is CC(CCO)CCC1C(C(=O)O)=CCC2C(C)(C)C(O)CCC12C. The second-order valence-corrected chi connectivity index (χ2v) is 8.88. The molecule has 0 spiro atoms. The zero-order valence-corrected chi connectivity index (χ0v) is 15.6. The maximum atomic E-state index is 11.8. The third kappa shape index (κ3) is 3.41. The molecule has 4 heteroatoms. The van der Waals surface area contributed by atoms with Gasteiger partial charge >= 0.3 is 5.97 Å². The Morgan fingerprint density at radius 1 is 1.33 bits per heavy atom. The van der Waals surface area contributed by atoms with E-state index in [1.54, 1.807) is 0 Å². The Morgan fingerprint density at radius 2 is 2.00 bits per heavy atom. The van der Waals surface area contributed by atoms with Crippen molar-refractivity contribution in [1.82, 2.24) is 0 Å². The number of carbonyl (C=O) groups is 1. The number of carboxylic acid groups (broad SMARTS) is 1. The molecule has 2 aliphatic carbocycles. The fourth-order valence-corrected chi connectivity index (χ4v) is 5.35. The van der Waals surface area contributed by atoms with Crippen LogP contribution in [0.5, 0.6) is 0 Å². The van der Waals surface area contributed by atoms with Crippen molar-refractivity contribution in [2.75, 3.05) is 6.61 Å². The van der Waals surface area contributed by atoms with E-state index < -0.39 is 5.97 Å². The van der Waals surface area contributed by atoms with Crippen LogP contribution in [0.15, 0.2) is 11.6 Å². The Hall–Kier alpha value is -0.870. The van der Waals surface area contributed by atoms with Crippen molar-refractivity contribution >= 4 is 5.97 Å². The molecule has 0 aromatic carbocycles. The van der Waals surface area contributed by atoms with Crippen LogP contribution in [0.3, 0.4) is 0 Å². The van der Waals surface area contributed by atoms with E-state index in [1.165, 1.54) is 0 Å². The molecule has 0 aromatic heterocycles. The zero-order valence-electron chi connectivity index (χ0n) is 15.6. The van der Waals surface area contributed by atoms with E-state index in [2.05, 4.69) is 27.7 Å². The van der Waals surface area contributed by atoms with Crippen molar-refractivity contribution in [3.63, 3.8) is 0 Å². The van der Waals surface area contributed by atoms with Crippen molar-refractivity contribution in [3.8, 4) is 0 Å². The zero-order chi connectivity index (χ0) is 18.1. The summed E-state index contributed by atoms with van der Waals surface area (Å²) in [5.41, 5.74) is 0.296. The highest BCUT2D eigenvalue weighted by Crippen LogP contribution is 2.60. The van der Waals surface area contributed by atoms with Crippen molar-refractivity contribution in [1.29, 1.82) is 0 Å². The summed E-state index contributed by atoms with van der Waals surface area (Å²) < 4.78 is 0. The smallest absolute Gasteiger partial charge is 0.331 e. The van der Waals surface area contributed by atoms with Crippen molar-refractivity contribution < 1.29 is 20.1 Å². The third-order valence-electron chi connectivity index (χ3n) is 7.07. The van der Waals surface area contributed by atoms with Gasteiger partial charge < -0.3 is 15.3 Å². The van der Waals surface area contributed by atoms with Crippen LogP contribution < -0.4 is 0 Å². The van der Waals surface area contributed by atoms with Gasteiger partial charge in [-0.25, -0.2) is 4.79 Å². The van der Waals surface area contributed by atoms with E-state index in [0.717, 1.165) is 38.5 Å². The van der Waals surface area contributed by atoms with Crippen molar-refractivity contribution in [3.05, 3.63) is 11.6 Å². The molecule has 138 valence electrons. The van der Waals surface area contributed by atoms with Gasteiger partial charge in [0.15, 0.2) is 0 Å². The number of aliphatic hydroxyl groups is 2. The van der Waals surface area contributed by atoms with E-state index in [1.807, 2.05) is 6.08 Å². The highest BCUT2D eigenvalue weighted by atomic mass is 16.4. The van der Waals surface area contributed by atoms with Crippen LogP contribution in [-0.4, -0.2) is 34.0 Å². The summed E-state index contributed by atoms with van der Waals surface area (Å²) in [6, 6.07) is 0. The molecule has 0 saturated heterocycles. The predicted molar refractivity (Wildman–Crippen MR) is 94.5 cm³/mol. The van der Waals surface area contributed by atoms with Crippen LogP contribution in [0.1, 0.15) is 66.2 Å². The topological polar surface area (TPSA) is 77.8 Å². The van der Waals surface area contributed by atoms with Gasteiger partial charge in [-0.2, -0.15) is 0 Å². The largest absolute Gasteiger partial charge is 0.478 e. The number of rotatable bonds is 6. The molecule has 4 nitrogen and oxygen atoms in total. The average molecular weight is 338 g/mol. The minimum absolute atomic E-state index is 0.0293. The van der Waals surface area contributed by atoms with E-state index in [4.69, 9.17) is 5.11 Å². The molecule has 24 heavy (non-hydrogen) atoms. The summed E-state index contributed by atoms with van der Waals surface area (Å²) in [4.78, 5) is 11.8. The van der Waals surface area contributed by atoms with Crippen molar-refractivity contribution in [2.24, 2.45) is 28.6 Å². The molecule has 1 fully saturated rings. The lowest BCUT2D eigenvalue weighted by Gasteiger charge is -2.58. The maximum absolute atomic E-state index is 11.8.